The minimum Gasteiger partial charge on any atom is -0.484 e. The summed E-state index contributed by atoms with van der Waals surface area (Å²) in [6.07, 6.45) is 0. The lowest BCUT2D eigenvalue weighted by Crippen LogP contribution is -2.20. The molecule has 0 heterocycles. The molecule has 122 valence electrons. The third-order valence-corrected chi connectivity index (χ3v) is 4.24. The molecule has 0 aliphatic carbocycles. The third kappa shape index (κ3) is 4.80. The molecule has 0 fully saturated rings. The highest BCUT2D eigenvalue weighted by Crippen LogP contribution is 2.17. The molecule has 0 bridgehead atoms. The predicted octanol–water partition coefficient (Wildman–Crippen LogP) is 1.97. The fourth-order valence-corrected chi connectivity index (χ4v) is 2.39. The van der Waals surface area contributed by atoms with Gasteiger partial charge in [0.2, 0.25) is 10.0 Å². The summed E-state index contributed by atoms with van der Waals surface area (Å²) in [7, 11) is -3.74. The number of primary sulfonamides is 1. The molecule has 0 aromatic heterocycles. The maximum Gasteiger partial charge on any atom is 0.262 e. The van der Waals surface area contributed by atoms with Crippen molar-refractivity contribution in [1.29, 1.82) is 0 Å². The summed E-state index contributed by atoms with van der Waals surface area (Å²) >= 11 is 0. The number of rotatable bonds is 5. The number of carbonyl (C=O) groups is 1. The van der Waals surface area contributed by atoms with E-state index < -0.39 is 10.0 Å². The second-order valence-corrected chi connectivity index (χ2v) is 6.71. The number of nitrogens with two attached hydrogens (primary N) is 1. The molecule has 1 amide bonds. The summed E-state index contributed by atoms with van der Waals surface area (Å²) < 4.78 is 27.7. The van der Waals surface area contributed by atoms with E-state index in [0.29, 0.717) is 11.4 Å². The molecule has 0 saturated heterocycles. The normalized spacial score (nSPS) is 11.1. The molecular weight excluding hydrogens is 316 g/mol. The lowest BCUT2D eigenvalue weighted by atomic mass is 10.1. The van der Waals surface area contributed by atoms with E-state index in [1.54, 1.807) is 6.07 Å². The van der Waals surface area contributed by atoms with Gasteiger partial charge in [-0.15, -0.1) is 0 Å². The summed E-state index contributed by atoms with van der Waals surface area (Å²) in [6.45, 7) is 3.83. The van der Waals surface area contributed by atoms with Crippen molar-refractivity contribution in [1.82, 2.24) is 0 Å². The summed E-state index contributed by atoms with van der Waals surface area (Å²) in [5, 5.41) is 7.63. The van der Waals surface area contributed by atoms with E-state index in [2.05, 4.69) is 5.32 Å². The van der Waals surface area contributed by atoms with Gasteiger partial charge in [-0.3, -0.25) is 4.79 Å². The van der Waals surface area contributed by atoms with Crippen LogP contribution in [-0.4, -0.2) is 20.9 Å². The molecule has 6 nitrogen and oxygen atoms in total. The second kappa shape index (κ2) is 6.80. The van der Waals surface area contributed by atoms with Crippen LogP contribution in [0.2, 0.25) is 0 Å². The first-order valence-corrected chi connectivity index (χ1v) is 8.43. The Kier molecular flexibility index (Phi) is 5.02. The van der Waals surface area contributed by atoms with Gasteiger partial charge in [0.15, 0.2) is 6.61 Å². The zero-order chi connectivity index (χ0) is 17.0. The Hall–Kier alpha value is -2.38. The van der Waals surface area contributed by atoms with Crippen LogP contribution in [-0.2, 0) is 14.8 Å². The minimum absolute atomic E-state index is 0.0121. The average molecular weight is 334 g/mol. The Morgan fingerprint density at radius 1 is 1.09 bits per heavy atom. The monoisotopic (exact) mass is 334 g/mol. The van der Waals surface area contributed by atoms with Gasteiger partial charge in [0.05, 0.1) is 4.90 Å². The van der Waals surface area contributed by atoms with E-state index in [-0.39, 0.29) is 17.4 Å². The van der Waals surface area contributed by atoms with Crippen molar-refractivity contribution in [2.24, 2.45) is 5.14 Å². The Bertz CT molecular complexity index is 814. The van der Waals surface area contributed by atoms with Crippen LogP contribution in [0.5, 0.6) is 5.75 Å². The van der Waals surface area contributed by atoms with Crippen molar-refractivity contribution in [2.75, 3.05) is 11.9 Å². The standard InChI is InChI=1S/C16H18N2O4S/c1-11-3-6-14(9-12(11)2)22-10-16(19)18-13-4-7-15(8-5-13)23(17,20)21/h3-9H,10H2,1-2H3,(H,18,19)(H2,17,20,21). The molecule has 2 aromatic carbocycles. The molecule has 0 unspecified atom stereocenters. The fourth-order valence-electron chi connectivity index (χ4n) is 1.88. The van der Waals surface area contributed by atoms with Crippen LogP contribution in [0.1, 0.15) is 11.1 Å². The number of carbonyl (C=O) groups excluding carboxylic acids is 1. The van der Waals surface area contributed by atoms with E-state index in [1.165, 1.54) is 24.3 Å². The number of hydrogen-bond donors (Lipinski definition) is 2. The number of amides is 1. The third-order valence-electron chi connectivity index (χ3n) is 3.31. The average Bonchev–Trinajstić information content (AvgIpc) is 2.48. The van der Waals surface area contributed by atoms with Gasteiger partial charge in [-0.1, -0.05) is 6.07 Å². The molecule has 7 heteroatoms. The predicted molar refractivity (Wildman–Crippen MR) is 87.9 cm³/mol. The molecule has 2 rings (SSSR count). The van der Waals surface area contributed by atoms with Gasteiger partial charge < -0.3 is 10.1 Å². The van der Waals surface area contributed by atoms with Crippen molar-refractivity contribution in [3.05, 3.63) is 53.6 Å². The number of ether oxygens (including phenoxy) is 1. The molecular formula is C16H18N2O4S. The van der Waals surface area contributed by atoms with E-state index in [9.17, 15) is 13.2 Å². The van der Waals surface area contributed by atoms with Gasteiger partial charge in [-0.25, -0.2) is 13.6 Å². The topological polar surface area (TPSA) is 98.5 Å². The minimum atomic E-state index is -3.74. The number of aryl methyl sites for hydroxylation is 2. The summed E-state index contributed by atoms with van der Waals surface area (Å²) in [5.41, 5.74) is 2.70. The highest BCUT2D eigenvalue weighted by atomic mass is 32.2. The number of hydrogen-bond acceptors (Lipinski definition) is 4. The first kappa shape index (κ1) is 17.0. The van der Waals surface area contributed by atoms with Gasteiger partial charge in [-0.05, 0) is 61.4 Å². The maximum atomic E-state index is 11.8. The van der Waals surface area contributed by atoms with Crippen LogP contribution in [0.25, 0.3) is 0 Å². The molecule has 0 atom stereocenters. The summed E-state index contributed by atoms with van der Waals surface area (Å²) in [6, 6.07) is 11.2. The Balaban J connectivity index is 1.93. The SMILES string of the molecule is Cc1ccc(OCC(=O)Nc2ccc(S(N)(=O)=O)cc2)cc1C. The maximum absolute atomic E-state index is 11.8. The van der Waals surface area contributed by atoms with Crippen LogP contribution >= 0.6 is 0 Å². The smallest absolute Gasteiger partial charge is 0.262 e. The van der Waals surface area contributed by atoms with E-state index >= 15 is 0 Å². The molecule has 0 saturated carbocycles. The van der Waals surface area contributed by atoms with Crippen molar-refractivity contribution in [3.63, 3.8) is 0 Å². The van der Waals surface area contributed by atoms with Crippen LogP contribution < -0.4 is 15.2 Å². The fraction of sp³-hybridized carbons (Fsp3) is 0.188. The first-order valence-electron chi connectivity index (χ1n) is 6.88. The highest BCUT2D eigenvalue weighted by Gasteiger charge is 2.08. The molecule has 2 aromatic rings. The summed E-state index contributed by atoms with van der Waals surface area (Å²) in [5.74, 6) is 0.277. The van der Waals surface area contributed by atoms with Crippen LogP contribution in [0.3, 0.4) is 0 Å². The van der Waals surface area contributed by atoms with Crippen LogP contribution in [0.15, 0.2) is 47.4 Å². The lowest BCUT2D eigenvalue weighted by Gasteiger charge is -2.09. The molecule has 0 aliphatic heterocycles. The largest absolute Gasteiger partial charge is 0.484 e. The molecule has 0 radical (unpaired) electrons. The highest BCUT2D eigenvalue weighted by molar-refractivity contribution is 7.89. The second-order valence-electron chi connectivity index (χ2n) is 5.15. The van der Waals surface area contributed by atoms with Crippen molar-refractivity contribution < 1.29 is 17.9 Å². The number of anilines is 1. The van der Waals surface area contributed by atoms with E-state index in [4.69, 9.17) is 9.88 Å². The Morgan fingerprint density at radius 2 is 1.74 bits per heavy atom. The number of sulfonamides is 1. The first-order chi connectivity index (χ1) is 10.8. The Morgan fingerprint density at radius 3 is 2.30 bits per heavy atom. The van der Waals surface area contributed by atoms with E-state index in [0.717, 1.165) is 11.1 Å². The van der Waals surface area contributed by atoms with Gasteiger partial charge in [0.1, 0.15) is 5.75 Å². The molecule has 3 N–H and O–H groups in total. The van der Waals surface area contributed by atoms with Crippen LogP contribution in [0.4, 0.5) is 5.69 Å². The quantitative estimate of drug-likeness (QED) is 0.873. The molecule has 0 spiro atoms. The zero-order valence-electron chi connectivity index (χ0n) is 12.9. The Labute approximate surface area is 135 Å². The van der Waals surface area contributed by atoms with Crippen molar-refractivity contribution in [2.45, 2.75) is 18.7 Å². The van der Waals surface area contributed by atoms with Gasteiger partial charge in [0, 0.05) is 5.69 Å². The van der Waals surface area contributed by atoms with Crippen molar-refractivity contribution in [3.8, 4) is 5.75 Å². The zero-order valence-corrected chi connectivity index (χ0v) is 13.7. The number of benzene rings is 2. The summed E-state index contributed by atoms with van der Waals surface area (Å²) in [4.78, 5) is 11.8. The lowest BCUT2D eigenvalue weighted by molar-refractivity contribution is -0.118. The van der Waals surface area contributed by atoms with Gasteiger partial charge >= 0.3 is 0 Å². The van der Waals surface area contributed by atoms with Gasteiger partial charge in [0.25, 0.3) is 5.91 Å². The van der Waals surface area contributed by atoms with Crippen LogP contribution in [0, 0.1) is 13.8 Å². The number of nitrogens with one attached hydrogen (secondary N) is 1. The van der Waals surface area contributed by atoms with E-state index in [1.807, 2.05) is 26.0 Å². The van der Waals surface area contributed by atoms with Crippen molar-refractivity contribution >= 4 is 21.6 Å². The van der Waals surface area contributed by atoms with Gasteiger partial charge in [-0.2, -0.15) is 0 Å². The molecule has 23 heavy (non-hydrogen) atoms. The molecule has 0 aliphatic rings.